The molecule has 1 fully saturated rings. The zero-order valence-electron chi connectivity index (χ0n) is 8.25. The Morgan fingerprint density at radius 2 is 1.93 bits per heavy atom. The van der Waals surface area contributed by atoms with Crippen LogP contribution in [0.4, 0.5) is 0 Å². The first kappa shape index (κ1) is 16.4. The largest absolute Gasteiger partial charge is 0.465 e. The zero-order chi connectivity index (χ0) is 9.03. The average molecular weight is 245 g/mol. The molecule has 0 bridgehead atoms. The topological polar surface area (TPSA) is 64.3 Å². The predicted octanol–water partition coefficient (Wildman–Crippen LogP) is 0.474. The zero-order valence-corrected chi connectivity index (χ0v) is 9.88. The van der Waals surface area contributed by atoms with Gasteiger partial charge in [-0.25, -0.2) is 0 Å². The molecule has 0 unspecified atom stereocenters. The smallest absolute Gasteiger partial charge is 0.326 e. The first-order valence-electron chi connectivity index (χ1n) is 4.36. The number of rotatable bonds is 2. The fourth-order valence-electron chi connectivity index (χ4n) is 1.35. The lowest BCUT2D eigenvalue weighted by Gasteiger charge is -2.31. The molecule has 6 heteroatoms. The van der Waals surface area contributed by atoms with Gasteiger partial charge in [-0.3, -0.25) is 4.79 Å². The summed E-state index contributed by atoms with van der Waals surface area (Å²) in [6.45, 7) is 3.80. The van der Waals surface area contributed by atoms with E-state index in [1.807, 2.05) is 0 Å². The lowest BCUT2D eigenvalue weighted by Crippen LogP contribution is -2.55. The SMILES string of the molecule is CCOC(=O)C1(N)CCNCC1.Cl.Cl. The van der Waals surface area contributed by atoms with Crippen LogP contribution in [0.1, 0.15) is 19.8 Å². The maximum absolute atomic E-state index is 11.3. The molecule has 1 heterocycles. The molecular formula is C8H18Cl2N2O2. The van der Waals surface area contributed by atoms with E-state index in [4.69, 9.17) is 10.5 Å². The molecule has 3 N–H and O–H groups in total. The third-order valence-electron chi connectivity index (χ3n) is 2.18. The van der Waals surface area contributed by atoms with Gasteiger partial charge in [-0.05, 0) is 32.9 Å². The highest BCUT2D eigenvalue weighted by Crippen LogP contribution is 2.16. The van der Waals surface area contributed by atoms with E-state index in [0.29, 0.717) is 19.4 Å². The van der Waals surface area contributed by atoms with Crippen LogP contribution in [-0.2, 0) is 9.53 Å². The van der Waals surface area contributed by atoms with Crippen molar-refractivity contribution < 1.29 is 9.53 Å². The van der Waals surface area contributed by atoms with E-state index in [-0.39, 0.29) is 30.8 Å². The molecule has 0 radical (unpaired) electrons. The fourth-order valence-corrected chi connectivity index (χ4v) is 1.35. The standard InChI is InChI=1S/C8H16N2O2.2ClH/c1-2-12-7(11)8(9)3-5-10-6-4-8;;/h10H,2-6,9H2,1H3;2*1H. The number of piperidine rings is 1. The summed E-state index contributed by atoms with van der Waals surface area (Å²) in [5.41, 5.74) is 5.14. The van der Waals surface area contributed by atoms with Gasteiger partial charge in [-0.15, -0.1) is 24.8 Å². The number of nitrogens with one attached hydrogen (secondary N) is 1. The number of carbonyl (C=O) groups excluding carboxylic acids is 1. The number of ether oxygens (including phenoxy) is 1. The van der Waals surface area contributed by atoms with Crippen LogP contribution in [0.15, 0.2) is 0 Å². The van der Waals surface area contributed by atoms with Crippen molar-refractivity contribution in [1.82, 2.24) is 5.32 Å². The lowest BCUT2D eigenvalue weighted by molar-refractivity contribution is -0.150. The van der Waals surface area contributed by atoms with Crippen LogP contribution in [0.25, 0.3) is 0 Å². The summed E-state index contributed by atoms with van der Waals surface area (Å²) in [6.07, 6.45) is 1.34. The molecule has 1 saturated heterocycles. The second-order valence-corrected chi connectivity index (χ2v) is 3.13. The predicted molar refractivity (Wildman–Crippen MR) is 60.2 cm³/mol. The molecule has 1 aliphatic heterocycles. The van der Waals surface area contributed by atoms with Crippen molar-refractivity contribution in [3.63, 3.8) is 0 Å². The van der Waals surface area contributed by atoms with E-state index >= 15 is 0 Å². The second-order valence-electron chi connectivity index (χ2n) is 3.13. The van der Waals surface area contributed by atoms with E-state index in [2.05, 4.69) is 5.32 Å². The van der Waals surface area contributed by atoms with Gasteiger partial charge in [0, 0.05) is 0 Å². The van der Waals surface area contributed by atoms with Crippen LogP contribution in [0.3, 0.4) is 0 Å². The summed E-state index contributed by atoms with van der Waals surface area (Å²) in [6, 6.07) is 0. The minimum Gasteiger partial charge on any atom is -0.465 e. The molecule has 0 saturated carbocycles. The van der Waals surface area contributed by atoms with Crippen molar-refractivity contribution in [3.05, 3.63) is 0 Å². The minimum absolute atomic E-state index is 0. The van der Waals surface area contributed by atoms with Gasteiger partial charge in [0.25, 0.3) is 0 Å². The Labute approximate surface area is 96.8 Å². The molecule has 0 spiro atoms. The second kappa shape index (κ2) is 7.29. The van der Waals surface area contributed by atoms with Crippen molar-refractivity contribution in [2.45, 2.75) is 25.3 Å². The van der Waals surface area contributed by atoms with Crippen molar-refractivity contribution >= 4 is 30.8 Å². The summed E-state index contributed by atoms with van der Waals surface area (Å²) < 4.78 is 4.89. The third-order valence-corrected chi connectivity index (χ3v) is 2.18. The van der Waals surface area contributed by atoms with Crippen LogP contribution in [0.5, 0.6) is 0 Å². The van der Waals surface area contributed by atoms with Crippen molar-refractivity contribution in [2.75, 3.05) is 19.7 Å². The Bertz CT molecular complexity index is 173. The van der Waals surface area contributed by atoms with Crippen LogP contribution in [0, 0.1) is 0 Å². The number of carbonyl (C=O) groups is 1. The summed E-state index contributed by atoms with van der Waals surface area (Å²) in [5.74, 6) is -0.258. The quantitative estimate of drug-likeness (QED) is 0.694. The van der Waals surface area contributed by atoms with E-state index in [9.17, 15) is 4.79 Å². The Hall–Kier alpha value is -0.0300. The Morgan fingerprint density at radius 1 is 1.43 bits per heavy atom. The number of esters is 1. The summed E-state index contributed by atoms with van der Waals surface area (Å²) in [4.78, 5) is 11.3. The first-order chi connectivity index (χ1) is 5.69. The monoisotopic (exact) mass is 244 g/mol. The van der Waals surface area contributed by atoms with Crippen molar-refractivity contribution in [3.8, 4) is 0 Å². The van der Waals surface area contributed by atoms with Gasteiger partial charge >= 0.3 is 5.97 Å². The maximum Gasteiger partial charge on any atom is 0.326 e. The molecule has 1 rings (SSSR count). The Balaban J connectivity index is 0. The number of nitrogens with two attached hydrogens (primary N) is 1. The number of hydrogen-bond donors (Lipinski definition) is 2. The van der Waals surface area contributed by atoms with Gasteiger partial charge in [0.05, 0.1) is 6.61 Å². The fraction of sp³-hybridized carbons (Fsp3) is 0.875. The molecule has 1 aliphatic rings. The van der Waals surface area contributed by atoms with E-state index < -0.39 is 5.54 Å². The Kier molecular flexibility index (Phi) is 8.54. The molecule has 0 atom stereocenters. The Morgan fingerprint density at radius 3 is 2.36 bits per heavy atom. The first-order valence-corrected chi connectivity index (χ1v) is 4.36. The normalized spacial score (nSPS) is 18.7. The molecule has 14 heavy (non-hydrogen) atoms. The van der Waals surface area contributed by atoms with Gasteiger partial charge in [0.1, 0.15) is 5.54 Å². The molecule has 0 aromatic heterocycles. The van der Waals surface area contributed by atoms with Crippen LogP contribution in [0.2, 0.25) is 0 Å². The molecule has 4 nitrogen and oxygen atoms in total. The van der Waals surface area contributed by atoms with E-state index in [1.165, 1.54) is 0 Å². The summed E-state index contributed by atoms with van der Waals surface area (Å²) in [5, 5.41) is 3.15. The van der Waals surface area contributed by atoms with Crippen LogP contribution < -0.4 is 11.1 Å². The third kappa shape index (κ3) is 4.00. The minimum atomic E-state index is -0.735. The van der Waals surface area contributed by atoms with Gasteiger partial charge < -0.3 is 15.8 Å². The summed E-state index contributed by atoms with van der Waals surface area (Å²) >= 11 is 0. The van der Waals surface area contributed by atoms with Crippen LogP contribution in [-0.4, -0.2) is 31.2 Å². The van der Waals surface area contributed by atoms with Gasteiger partial charge in [0.15, 0.2) is 0 Å². The highest BCUT2D eigenvalue weighted by molar-refractivity contribution is 5.85. The van der Waals surface area contributed by atoms with E-state index in [0.717, 1.165) is 13.1 Å². The highest BCUT2D eigenvalue weighted by atomic mass is 35.5. The van der Waals surface area contributed by atoms with Gasteiger partial charge in [0.2, 0.25) is 0 Å². The molecule has 0 aliphatic carbocycles. The van der Waals surface area contributed by atoms with Crippen molar-refractivity contribution in [1.29, 1.82) is 0 Å². The highest BCUT2D eigenvalue weighted by Gasteiger charge is 2.36. The molecule has 0 aromatic carbocycles. The maximum atomic E-state index is 11.3. The molecule has 0 aromatic rings. The molecular weight excluding hydrogens is 227 g/mol. The lowest BCUT2D eigenvalue weighted by atomic mass is 9.90. The number of halogens is 2. The van der Waals surface area contributed by atoms with E-state index in [1.54, 1.807) is 6.92 Å². The average Bonchev–Trinajstić information content (AvgIpc) is 2.06. The van der Waals surface area contributed by atoms with Crippen molar-refractivity contribution in [2.24, 2.45) is 5.73 Å². The summed E-state index contributed by atoms with van der Waals surface area (Å²) in [7, 11) is 0. The molecule has 0 amide bonds. The molecule has 86 valence electrons. The van der Waals surface area contributed by atoms with Crippen LogP contribution >= 0.6 is 24.8 Å². The number of hydrogen-bond acceptors (Lipinski definition) is 4. The van der Waals surface area contributed by atoms with Gasteiger partial charge in [-0.2, -0.15) is 0 Å². The van der Waals surface area contributed by atoms with Gasteiger partial charge in [-0.1, -0.05) is 0 Å².